The predicted octanol–water partition coefficient (Wildman–Crippen LogP) is 3.45. The van der Waals surface area contributed by atoms with Crippen LogP contribution in [0.5, 0.6) is 0 Å². The summed E-state index contributed by atoms with van der Waals surface area (Å²) in [5.41, 5.74) is 2.85. The number of halogens is 1. The zero-order chi connectivity index (χ0) is 13.3. The van der Waals surface area contributed by atoms with Crippen molar-refractivity contribution in [1.29, 1.82) is 0 Å². The average Bonchev–Trinajstić information content (AvgIpc) is 2.75. The number of hydrogen-bond donors (Lipinski definition) is 0. The number of rotatable bonds is 3. The third-order valence-electron chi connectivity index (χ3n) is 2.91. The summed E-state index contributed by atoms with van der Waals surface area (Å²) in [5, 5.41) is 4.76. The van der Waals surface area contributed by atoms with Crippen LogP contribution in [0.4, 0.5) is 0 Å². The van der Waals surface area contributed by atoms with Gasteiger partial charge in [0.1, 0.15) is 10.8 Å². The first kappa shape index (κ1) is 13.0. The molecule has 0 fully saturated rings. The van der Waals surface area contributed by atoms with E-state index in [9.17, 15) is 0 Å². The standard InChI is InChI=1S/C13H17ClN4/c1-5-18-10(6-7-15-18)13-16-9(4)11(8(2)3)12(14)17-13/h6-8H,5H2,1-4H3. The molecule has 2 rings (SSSR count). The molecular formula is C13H17ClN4. The molecule has 2 aromatic rings. The largest absolute Gasteiger partial charge is 0.262 e. The summed E-state index contributed by atoms with van der Waals surface area (Å²) in [6, 6.07) is 1.91. The molecular weight excluding hydrogens is 248 g/mol. The van der Waals surface area contributed by atoms with Gasteiger partial charge in [0.15, 0.2) is 5.82 Å². The molecule has 0 saturated heterocycles. The van der Waals surface area contributed by atoms with E-state index in [0.29, 0.717) is 16.9 Å². The van der Waals surface area contributed by atoms with E-state index in [1.165, 1.54) is 0 Å². The summed E-state index contributed by atoms with van der Waals surface area (Å²) < 4.78 is 1.86. The number of aryl methyl sites for hydroxylation is 2. The van der Waals surface area contributed by atoms with Gasteiger partial charge in [0.25, 0.3) is 0 Å². The molecule has 96 valence electrons. The van der Waals surface area contributed by atoms with Crippen LogP contribution < -0.4 is 0 Å². The average molecular weight is 265 g/mol. The van der Waals surface area contributed by atoms with E-state index in [1.54, 1.807) is 6.20 Å². The van der Waals surface area contributed by atoms with Crippen LogP contribution in [-0.4, -0.2) is 19.7 Å². The molecule has 0 amide bonds. The Morgan fingerprint density at radius 3 is 2.61 bits per heavy atom. The van der Waals surface area contributed by atoms with E-state index in [2.05, 4.69) is 28.9 Å². The third-order valence-corrected chi connectivity index (χ3v) is 3.20. The summed E-state index contributed by atoms with van der Waals surface area (Å²) in [6.45, 7) is 8.97. The Morgan fingerprint density at radius 2 is 2.06 bits per heavy atom. The minimum atomic E-state index is 0.322. The molecule has 4 nitrogen and oxygen atoms in total. The molecule has 0 aliphatic rings. The number of nitrogens with zero attached hydrogens (tertiary/aromatic N) is 4. The maximum Gasteiger partial charge on any atom is 0.179 e. The van der Waals surface area contributed by atoms with Crippen LogP contribution in [0.1, 0.15) is 37.9 Å². The van der Waals surface area contributed by atoms with Crippen molar-refractivity contribution in [2.75, 3.05) is 0 Å². The van der Waals surface area contributed by atoms with Crippen LogP contribution in [0.3, 0.4) is 0 Å². The summed E-state index contributed by atoms with van der Waals surface area (Å²) in [4.78, 5) is 8.95. The van der Waals surface area contributed by atoms with Gasteiger partial charge in [-0.25, -0.2) is 9.97 Å². The van der Waals surface area contributed by atoms with Gasteiger partial charge in [-0.2, -0.15) is 5.10 Å². The van der Waals surface area contributed by atoms with E-state index in [4.69, 9.17) is 11.6 Å². The van der Waals surface area contributed by atoms with Crippen molar-refractivity contribution in [1.82, 2.24) is 19.7 Å². The van der Waals surface area contributed by atoms with Gasteiger partial charge in [-0.15, -0.1) is 0 Å². The van der Waals surface area contributed by atoms with E-state index in [-0.39, 0.29) is 0 Å². The first-order chi connectivity index (χ1) is 8.54. The summed E-state index contributed by atoms with van der Waals surface area (Å²) in [7, 11) is 0. The zero-order valence-corrected chi connectivity index (χ0v) is 11.9. The van der Waals surface area contributed by atoms with Crippen molar-refractivity contribution >= 4 is 11.6 Å². The Labute approximate surface area is 112 Å². The van der Waals surface area contributed by atoms with Crippen molar-refractivity contribution < 1.29 is 0 Å². The van der Waals surface area contributed by atoms with Gasteiger partial charge in [0, 0.05) is 24.0 Å². The van der Waals surface area contributed by atoms with E-state index >= 15 is 0 Å². The highest BCUT2D eigenvalue weighted by Crippen LogP contribution is 2.27. The van der Waals surface area contributed by atoms with Crippen LogP contribution in [0.15, 0.2) is 12.3 Å². The fourth-order valence-corrected chi connectivity index (χ4v) is 2.53. The maximum atomic E-state index is 6.26. The van der Waals surface area contributed by atoms with E-state index < -0.39 is 0 Å². The SMILES string of the molecule is CCn1nccc1-c1nc(C)c(C(C)C)c(Cl)n1. The van der Waals surface area contributed by atoms with Crippen LogP contribution >= 0.6 is 11.6 Å². The van der Waals surface area contributed by atoms with E-state index in [1.807, 2.05) is 24.6 Å². The maximum absolute atomic E-state index is 6.26. The monoisotopic (exact) mass is 264 g/mol. The fourth-order valence-electron chi connectivity index (χ4n) is 2.09. The lowest BCUT2D eigenvalue weighted by atomic mass is 10.0. The molecule has 0 aliphatic heterocycles. The molecule has 0 atom stereocenters. The van der Waals surface area contributed by atoms with Crippen molar-refractivity contribution in [3.8, 4) is 11.5 Å². The first-order valence-electron chi connectivity index (χ1n) is 6.10. The molecule has 2 aromatic heterocycles. The Kier molecular flexibility index (Phi) is 3.66. The van der Waals surface area contributed by atoms with E-state index in [0.717, 1.165) is 23.5 Å². The zero-order valence-electron chi connectivity index (χ0n) is 11.1. The summed E-state index contributed by atoms with van der Waals surface area (Å²) in [6.07, 6.45) is 1.75. The Morgan fingerprint density at radius 1 is 1.33 bits per heavy atom. The van der Waals surface area contributed by atoms with Crippen molar-refractivity contribution in [3.63, 3.8) is 0 Å². The second-order valence-corrected chi connectivity index (χ2v) is 4.88. The molecule has 0 spiro atoms. The second-order valence-electron chi connectivity index (χ2n) is 4.52. The van der Waals surface area contributed by atoms with Crippen LogP contribution in [0.2, 0.25) is 5.15 Å². The van der Waals surface area contributed by atoms with Gasteiger partial charge in [0.05, 0.1) is 0 Å². The van der Waals surface area contributed by atoms with Gasteiger partial charge in [-0.1, -0.05) is 25.4 Å². The Balaban J connectivity index is 2.55. The number of aromatic nitrogens is 4. The van der Waals surface area contributed by atoms with Gasteiger partial charge >= 0.3 is 0 Å². The quantitative estimate of drug-likeness (QED) is 0.798. The van der Waals surface area contributed by atoms with Crippen LogP contribution in [-0.2, 0) is 6.54 Å². The normalized spacial score (nSPS) is 11.2. The van der Waals surface area contributed by atoms with Crippen molar-refractivity contribution in [2.24, 2.45) is 0 Å². The second kappa shape index (κ2) is 5.06. The molecule has 0 saturated carbocycles. The lowest BCUT2D eigenvalue weighted by Crippen LogP contribution is -2.05. The summed E-state index contributed by atoms with van der Waals surface area (Å²) in [5.74, 6) is 0.962. The molecule has 0 aliphatic carbocycles. The lowest BCUT2D eigenvalue weighted by Gasteiger charge is -2.12. The first-order valence-corrected chi connectivity index (χ1v) is 6.48. The Hall–Kier alpha value is -1.42. The topological polar surface area (TPSA) is 43.6 Å². The molecule has 0 aromatic carbocycles. The van der Waals surface area contributed by atoms with Crippen molar-refractivity contribution in [3.05, 3.63) is 28.7 Å². The van der Waals surface area contributed by atoms with Crippen molar-refractivity contribution in [2.45, 2.75) is 40.2 Å². The molecule has 0 N–H and O–H groups in total. The smallest absolute Gasteiger partial charge is 0.179 e. The third kappa shape index (κ3) is 2.25. The van der Waals surface area contributed by atoms with Gasteiger partial charge in [0.2, 0.25) is 0 Å². The lowest BCUT2D eigenvalue weighted by molar-refractivity contribution is 0.663. The summed E-state index contributed by atoms with van der Waals surface area (Å²) >= 11 is 6.26. The van der Waals surface area contributed by atoms with Crippen LogP contribution in [0, 0.1) is 6.92 Å². The van der Waals surface area contributed by atoms with Gasteiger partial charge in [-0.05, 0) is 25.8 Å². The molecule has 0 unspecified atom stereocenters. The van der Waals surface area contributed by atoms with Gasteiger partial charge < -0.3 is 0 Å². The predicted molar refractivity (Wildman–Crippen MR) is 72.8 cm³/mol. The van der Waals surface area contributed by atoms with Crippen LogP contribution in [0.25, 0.3) is 11.5 Å². The van der Waals surface area contributed by atoms with Gasteiger partial charge in [-0.3, -0.25) is 4.68 Å². The molecule has 5 heteroatoms. The Bertz CT molecular complexity index is 537. The fraction of sp³-hybridized carbons (Fsp3) is 0.462. The minimum Gasteiger partial charge on any atom is -0.262 e. The highest BCUT2D eigenvalue weighted by Gasteiger charge is 2.15. The highest BCUT2D eigenvalue weighted by atomic mass is 35.5. The minimum absolute atomic E-state index is 0.322. The molecule has 2 heterocycles. The molecule has 0 radical (unpaired) electrons. The molecule has 0 bridgehead atoms. The molecule has 18 heavy (non-hydrogen) atoms. The number of hydrogen-bond acceptors (Lipinski definition) is 3. The highest BCUT2D eigenvalue weighted by molar-refractivity contribution is 6.30.